The zero-order chi connectivity index (χ0) is 14.3. The van der Waals surface area contributed by atoms with Gasteiger partial charge in [0.2, 0.25) is 0 Å². The molecule has 2 unspecified atom stereocenters. The van der Waals surface area contributed by atoms with E-state index < -0.39 is 17.4 Å². The Morgan fingerprint density at radius 1 is 1.45 bits per heavy atom. The standard InChI is InChI=1S/C14H15N3O3/c1-3-20-12(18)11-8(2)16-17-14(11)9-6-4-5-7-10(9)15-13(14)19/h4-7,11,17H,3H2,1-2H3,(H,15,19). The molecule has 0 saturated heterocycles. The molecule has 2 aliphatic heterocycles. The van der Waals surface area contributed by atoms with Gasteiger partial charge < -0.3 is 10.1 Å². The van der Waals surface area contributed by atoms with Crippen LogP contribution in [0, 0.1) is 5.92 Å². The van der Waals surface area contributed by atoms with Gasteiger partial charge in [0, 0.05) is 11.3 Å². The third-order valence-corrected chi connectivity index (χ3v) is 3.74. The van der Waals surface area contributed by atoms with Crippen molar-refractivity contribution in [3.05, 3.63) is 29.8 Å². The first-order valence-corrected chi connectivity index (χ1v) is 6.50. The van der Waals surface area contributed by atoms with Crippen molar-refractivity contribution in [1.82, 2.24) is 5.43 Å². The van der Waals surface area contributed by atoms with E-state index in [9.17, 15) is 9.59 Å². The molecule has 0 fully saturated rings. The SMILES string of the molecule is CCOC(=O)C1C(C)=NNC12C(=O)Nc1ccccc12. The lowest BCUT2D eigenvalue weighted by Gasteiger charge is -2.27. The molecule has 1 spiro atoms. The molecule has 0 bridgehead atoms. The Balaban J connectivity index is 2.12. The topological polar surface area (TPSA) is 79.8 Å². The summed E-state index contributed by atoms with van der Waals surface area (Å²) < 4.78 is 5.11. The van der Waals surface area contributed by atoms with Gasteiger partial charge >= 0.3 is 5.97 Å². The molecule has 6 heteroatoms. The van der Waals surface area contributed by atoms with Crippen LogP contribution in [0.15, 0.2) is 29.4 Å². The molecular weight excluding hydrogens is 258 g/mol. The molecule has 2 N–H and O–H groups in total. The third-order valence-electron chi connectivity index (χ3n) is 3.74. The number of para-hydroxylation sites is 1. The van der Waals surface area contributed by atoms with Crippen LogP contribution in [-0.2, 0) is 19.9 Å². The Morgan fingerprint density at radius 2 is 2.20 bits per heavy atom. The van der Waals surface area contributed by atoms with Gasteiger partial charge in [0.15, 0.2) is 5.54 Å². The quantitative estimate of drug-likeness (QED) is 0.788. The van der Waals surface area contributed by atoms with Gasteiger partial charge in [-0.2, -0.15) is 5.10 Å². The molecule has 0 aliphatic carbocycles. The monoisotopic (exact) mass is 273 g/mol. The van der Waals surface area contributed by atoms with Crippen molar-refractivity contribution in [2.75, 3.05) is 11.9 Å². The molecule has 2 heterocycles. The van der Waals surface area contributed by atoms with Gasteiger partial charge in [0.05, 0.1) is 12.3 Å². The predicted molar refractivity (Wildman–Crippen MR) is 73.1 cm³/mol. The fourth-order valence-corrected chi connectivity index (χ4v) is 2.87. The largest absolute Gasteiger partial charge is 0.465 e. The number of rotatable bonds is 2. The summed E-state index contributed by atoms with van der Waals surface area (Å²) in [5, 5.41) is 6.91. The van der Waals surface area contributed by atoms with E-state index in [1.807, 2.05) is 18.2 Å². The number of hydrogen-bond acceptors (Lipinski definition) is 5. The van der Waals surface area contributed by atoms with Crippen molar-refractivity contribution in [2.24, 2.45) is 11.0 Å². The molecule has 0 radical (unpaired) electrons. The van der Waals surface area contributed by atoms with Crippen LogP contribution in [0.3, 0.4) is 0 Å². The van der Waals surface area contributed by atoms with Crippen molar-refractivity contribution < 1.29 is 14.3 Å². The van der Waals surface area contributed by atoms with Crippen molar-refractivity contribution in [2.45, 2.75) is 19.4 Å². The van der Waals surface area contributed by atoms with E-state index in [0.29, 0.717) is 11.4 Å². The average Bonchev–Trinajstić information content (AvgIpc) is 2.91. The normalized spacial score (nSPS) is 26.8. The second-order valence-corrected chi connectivity index (χ2v) is 4.86. The van der Waals surface area contributed by atoms with Gasteiger partial charge in [0.25, 0.3) is 5.91 Å². The van der Waals surface area contributed by atoms with E-state index in [0.717, 1.165) is 5.56 Å². The lowest BCUT2D eigenvalue weighted by Crippen LogP contribution is -2.52. The number of esters is 1. The van der Waals surface area contributed by atoms with Crippen molar-refractivity contribution in [3.63, 3.8) is 0 Å². The Hall–Kier alpha value is -2.37. The van der Waals surface area contributed by atoms with Gasteiger partial charge in [-0.25, -0.2) is 0 Å². The number of anilines is 1. The van der Waals surface area contributed by atoms with Gasteiger partial charge in [-0.3, -0.25) is 15.0 Å². The highest BCUT2D eigenvalue weighted by Gasteiger charge is 2.60. The fourth-order valence-electron chi connectivity index (χ4n) is 2.87. The molecule has 2 atom stereocenters. The van der Waals surface area contributed by atoms with Crippen LogP contribution in [0.1, 0.15) is 19.4 Å². The van der Waals surface area contributed by atoms with Crippen molar-refractivity contribution in [1.29, 1.82) is 0 Å². The lowest BCUT2D eigenvalue weighted by atomic mass is 9.78. The second kappa shape index (κ2) is 4.33. The number of fused-ring (bicyclic) bond motifs is 2. The van der Waals surface area contributed by atoms with Crippen LogP contribution < -0.4 is 10.7 Å². The maximum Gasteiger partial charge on any atom is 0.318 e. The zero-order valence-corrected chi connectivity index (χ0v) is 11.3. The van der Waals surface area contributed by atoms with E-state index in [4.69, 9.17) is 4.74 Å². The molecular formula is C14H15N3O3. The van der Waals surface area contributed by atoms with Crippen molar-refractivity contribution in [3.8, 4) is 0 Å². The summed E-state index contributed by atoms with van der Waals surface area (Å²) in [6.07, 6.45) is 0. The minimum Gasteiger partial charge on any atom is -0.465 e. The molecule has 1 aromatic rings. The molecule has 2 aliphatic rings. The predicted octanol–water partition coefficient (Wildman–Crippen LogP) is 0.992. The Bertz CT molecular complexity index is 626. The molecule has 20 heavy (non-hydrogen) atoms. The Morgan fingerprint density at radius 3 is 2.95 bits per heavy atom. The number of hydrazone groups is 1. The van der Waals surface area contributed by atoms with E-state index in [-0.39, 0.29) is 12.5 Å². The summed E-state index contributed by atoms with van der Waals surface area (Å²) in [6, 6.07) is 7.29. The fraction of sp³-hybridized carbons (Fsp3) is 0.357. The number of carbonyl (C=O) groups excluding carboxylic acids is 2. The first-order valence-electron chi connectivity index (χ1n) is 6.50. The number of nitrogens with zero attached hydrogens (tertiary/aromatic N) is 1. The van der Waals surface area contributed by atoms with E-state index >= 15 is 0 Å². The highest BCUT2D eigenvalue weighted by atomic mass is 16.5. The highest BCUT2D eigenvalue weighted by molar-refractivity contribution is 6.16. The van der Waals surface area contributed by atoms with Crippen molar-refractivity contribution >= 4 is 23.3 Å². The third kappa shape index (κ3) is 1.47. The molecule has 0 saturated carbocycles. The van der Waals surface area contributed by atoms with Crippen LogP contribution >= 0.6 is 0 Å². The van der Waals surface area contributed by atoms with Crippen LogP contribution in [0.2, 0.25) is 0 Å². The first kappa shape index (κ1) is 12.7. The molecule has 104 valence electrons. The number of amides is 1. The Kier molecular flexibility index (Phi) is 2.74. The van der Waals surface area contributed by atoms with E-state index in [2.05, 4.69) is 15.8 Å². The summed E-state index contributed by atoms with van der Waals surface area (Å²) in [5.41, 5.74) is 3.64. The summed E-state index contributed by atoms with van der Waals surface area (Å²) in [6.45, 7) is 3.72. The summed E-state index contributed by atoms with van der Waals surface area (Å²) in [4.78, 5) is 24.7. The van der Waals surface area contributed by atoms with Gasteiger partial charge in [0.1, 0.15) is 5.92 Å². The second-order valence-electron chi connectivity index (χ2n) is 4.86. The average molecular weight is 273 g/mol. The smallest absolute Gasteiger partial charge is 0.318 e. The maximum atomic E-state index is 12.5. The minimum absolute atomic E-state index is 0.266. The number of benzene rings is 1. The van der Waals surface area contributed by atoms with Gasteiger partial charge in [-0.15, -0.1) is 0 Å². The summed E-state index contributed by atoms with van der Waals surface area (Å²) >= 11 is 0. The number of carbonyl (C=O) groups is 2. The van der Waals surface area contributed by atoms with Crippen LogP contribution in [0.4, 0.5) is 5.69 Å². The van der Waals surface area contributed by atoms with Crippen LogP contribution in [0.25, 0.3) is 0 Å². The minimum atomic E-state index is -1.19. The molecule has 3 rings (SSSR count). The van der Waals surface area contributed by atoms with E-state index in [1.165, 1.54) is 0 Å². The van der Waals surface area contributed by atoms with Crippen LogP contribution in [-0.4, -0.2) is 24.2 Å². The van der Waals surface area contributed by atoms with Crippen LogP contribution in [0.5, 0.6) is 0 Å². The number of hydrogen-bond donors (Lipinski definition) is 2. The van der Waals surface area contributed by atoms with E-state index in [1.54, 1.807) is 19.9 Å². The molecule has 0 aromatic heterocycles. The lowest BCUT2D eigenvalue weighted by molar-refractivity contribution is -0.150. The molecule has 6 nitrogen and oxygen atoms in total. The molecule has 1 aromatic carbocycles. The number of ether oxygens (including phenoxy) is 1. The first-order chi connectivity index (χ1) is 9.61. The summed E-state index contributed by atoms with van der Waals surface area (Å²) in [5.74, 6) is -1.46. The number of nitrogens with one attached hydrogen (secondary N) is 2. The highest BCUT2D eigenvalue weighted by Crippen LogP contribution is 2.44. The van der Waals surface area contributed by atoms with Gasteiger partial charge in [-0.05, 0) is 19.9 Å². The molecule has 1 amide bonds. The summed E-state index contributed by atoms with van der Waals surface area (Å²) in [7, 11) is 0. The maximum absolute atomic E-state index is 12.5. The Labute approximate surface area is 116 Å². The van der Waals surface area contributed by atoms with Gasteiger partial charge in [-0.1, -0.05) is 18.2 Å². The zero-order valence-electron chi connectivity index (χ0n) is 11.3.